The molecular weight excluding hydrogens is 226 g/mol. The second kappa shape index (κ2) is 4.66. The minimum Gasteiger partial charge on any atom is -0.468 e. The van der Waals surface area contributed by atoms with Gasteiger partial charge in [-0.3, -0.25) is 0 Å². The summed E-state index contributed by atoms with van der Waals surface area (Å²) in [5.41, 5.74) is 2.32. The molecule has 0 bridgehead atoms. The third kappa shape index (κ3) is 2.02. The van der Waals surface area contributed by atoms with Crippen LogP contribution < -0.4 is 5.32 Å². The normalized spacial score (nSPS) is 12.9. The summed E-state index contributed by atoms with van der Waals surface area (Å²) >= 11 is 0. The van der Waals surface area contributed by atoms with Gasteiger partial charge in [0.15, 0.2) is 0 Å². The quantitative estimate of drug-likeness (QED) is 0.763. The van der Waals surface area contributed by atoms with E-state index in [0.717, 1.165) is 17.8 Å². The second-order valence-electron chi connectivity index (χ2n) is 4.32. The van der Waals surface area contributed by atoms with Crippen molar-refractivity contribution in [3.05, 3.63) is 60.3 Å². The molecule has 0 amide bonds. The lowest BCUT2D eigenvalue weighted by Crippen LogP contribution is -2.17. The van der Waals surface area contributed by atoms with Crippen molar-refractivity contribution in [1.29, 1.82) is 0 Å². The van der Waals surface area contributed by atoms with Crippen LogP contribution in [0.15, 0.2) is 53.4 Å². The molecule has 1 unspecified atom stereocenters. The zero-order valence-corrected chi connectivity index (χ0v) is 10.2. The lowest BCUT2D eigenvalue weighted by atomic mass is 10.2. The molecule has 0 aliphatic rings. The highest BCUT2D eigenvalue weighted by molar-refractivity contribution is 5.53. The number of furan rings is 1. The Kier molecular flexibility index (Phi) is 2.86. The van der Waals surface area contributed by atoms with E-state index in [4.69, 9.17) is 4.42 Å². The first-order valence-electron chi connectivity index (χ1n) is 6.02. The third-order valence-corrected chi connectivity index (χ3v) is 3.07. The van der Waals surface area contributed by atoms with Gasteiger partial charge < -0.3 is 9.73 Å². The van der Waals surface area contributed by atoms with Crippen LogP contribution in [0.3, 0.4) is 0 Å². The molecule has 0 fully saturated rings. The number of fused-ring (bicyclic) bond motifs is 1. The Balaban J connectivity index is 1.73. The lowest BCUT2D eigenvalue weighted by molar-refractivity contribution is 0.430. The number of aromatic nitrogens is 2. The maximum atomic E-state index is 5.37. The monoisotopic (exact) mass is 241 g/mol. The maximum absolute atomic E-state index is 5.37. The van der Waals surface area contributed by atoms with Crippen molar-refractivity contribution in [1.82, 2.24) is 14.9 Å². The predicted molar refractivity (Wildman–Crippen MR) is 69.2 cm³/mol. The molecule has 0 aromatic carbocycles. The van der Waals surface area contributed by atoms with Crippen LogP contribution in [-0.4, -0.2) is 9.61 Å². The molecule has 3 aromatic rings. The standard InChI is InChI=1S/C14H15N3O/c1-11(14-6-4-8-18-14)15-9-12-10-16-17-7-3-2-5-13(12)17/h2-8,10-11,15H,9H2,1H3. The minimum atomic E-state index is 0.193. The molecule has 0 aliphatic carbocycles. The highest BCUT2D eigenvalue weighted by Crippen LogP contribution is 2.15. The van der Waals surface area contributed by atoms with Crippen LogP contribution in [0.4, 0.5) is 0 Å². The van der Waals surface area contributed by atoms with Crippen molar-refractivity contribution in [2.45, 2.75) is 19.5 Å². The molecule has 1 N–H and O–H groups in total. The average molecular weight is 241 g/mol. The van der Waals surface area contributed by atoms with Crippen LogP contribution in [0.25, 0.3) is 5.52 Å². The van der Waals surface area contributed by atoms with E-state index in [1.807, 2.05) is 41.2 Å². The summed E-state index contributed by atoms with van der Waals surface area (Å²) in [7, 11) is 0. The van der Waals surface area contributed by atoms with Gasteiger partial charge >= 0.3 is 0 Å². The van der Waals surface area contributed by atoms with Gasteiger partial charge in [-0.1, -0.05) is 6.07 Å². The van der Waals surface area contributed by atoms with Gasteiger partial charge in [-0.2, -0.15) is 5.10 Å². The molecule has 4 heteroatoms. The van der Waals surface area contributed by atoms with Gasteiger partial charge in [-0.25, -0.2) is 4.52 Å². The van der Waals surface area contributed by atoms with Gasteiger partial charge in [0.25, 0.3) is 0 Å². The summed E-state index contributed by atoms with van der Waals surface area (Å²) in [6, 6.07) is 10.1. The summed E-state index contributed by atoms with van der Waals surface area (Å²) in [4.78, 5) is 0. The molecule has 4 nitrogen and oxygen atoms in total. The van der Waals surface area contributed by atoms with Crippen molar-refractivity contribution >= 4 is 5.52 Å². The van der Waals surface area contributed by atoms with Gasteiger partial charge in [0.1, 0.15) is 5.76 Å². The number of hydrogen-bond donors (Lipinski definition) is 1. The molecule has 0 saturated heterocycles. The highest BCUT2D eigenvalue weighted by atomic mass is 16.3. The summed E-state index contributed by atoms with van der Waals surface area (Å²) in [5.74, 6) is 0.950. The topological polar surface area (TPSA) is 42.5 Å². The average Bonchev–Trinajstić information content (AvgIpc) is 3.06. The summed E-state index contributed by atoms with van der Waals surface area (Å²) in [6.07, 6.45) is 5.55. The molecule has 92 valence electrons. The predicted octanol–water partition coefficient (Wildman–Crippen LogP) is 2.78. The number of nitrogens with zero attached hydrogens (tertiary/aromatic N) is 2. The van der Waals surface area contributed by atoms with Crippen molar-refractivity contribution < 1.29 is 4.42 Å². The van der Waals surface area contributed by atoms with Crippen molar-refractivity contribution in [3.8, 4) is 0 Å². The van der Waals surface area contributed by atoms with Crippen LogP contribution in [-0.2, 0) is 6.54 Å². The fourth-order valence-electron chi connectivity index (χ4n) is 2.02. The maximum Gasteiger partial charge on any atom is 0.120 e. The van der Waals surface area contributed by atoms with Crippen LogP contribution in [0.2, 0.25) is 0 Å². The van der Waals surface area contributed by atoms with E-state index < -0.39 is 0 Å². The Labute approximate surface area is 105 Å². The highest BCUT2D eigenvalue weighted by Gasteiger charge is 2.09. The van der Waals surface area contributed by atoms with Gasteiger partial charge in [0, 0.05) is 18.3 Å². The first-order chi connectivity index (χ1) is 8.84. The third-order valence-electron chi connectivity index (χ3n) is 3.07. The van der Waals surface area contributed by atoms with Crippen LogP contribution in [0, 0.1) is 0 Å². The van der Waals surface area contributed by atoms with E-state index in [2.05, 4.69) is 23.4 Å². The van der Waals surface area contributed by atoms with E-state index in [0.29, 0.717) is 0 Å². The van der Waals surface area contributed by atoms with Crippen molar-refractivity contribution in [2.24, 2.45) is 0 Å². The Morgan fingerprint density at radius 3 is 3.11 bits per heavy atom. The number of hydrogen-bond acceptors (Lipinski definition) is 3. The SMILES string of the molecule is CC(NCc1cnn2ccccc12)c1ccco1. The Hall–Kier alpha value is -2.07. The molecule has 0 spiro atoms. The molecule has 0 aliphatic heterocycles. The molecule has 0 radical (unpaired) electrons. The first kappa shape index (κ1) is 11.0. The van der Waals surface area contributed by atoms with E-state index in [1.54, 1.807) is 6.26 Å². The molecular formula is C14H15N3O. The second-order valence-corrected chi connectivity index (χ2v) is 4.32. The first-order valence-corrected chi connectivity index (χ1v) is 6.02. The van der Waals surface area contributed by atoms with E-state index >= 15 is 0 Å². The van der Waals surface area contributed by atoms with Gasteiger partial charge in [0.2, 0.25) is 0 Å². The lowest BCUT2D eigenvalue weighted by Gasteiger charge is -2.10. The van der Waals surface area contributed by atoms with Gasteiger partial charge in [-0.05, 0) is 31.2 Å². The molecule has 3 rings (SSSR count). The Morgan fingerprint density at radius 1 is 1.33 bits per heavy atom. The summed E-state index contributed by atoms with van der Waals surface area (Å²) in [5, 5.41) is 7.75. The summed E-state index contributed by atoms with van der Waals surface area (Å²) < 4.78 is 7.25. The van der Waals surface area contributed by atoms with E-state index in [9.17, 15) is 0 Å². The Bertz CT molecular complexity index is 627. The summed E-state index contributed by atoms with van der Waals surface area (Å²) in [6.45, 7) is 2.86. The van der Waals surface area contributed by atoms with Crippen molar-refractivity contribution in [3.63, 3.8) is 0 Å². The zero-order chi connectivity index (χ0) is 12.4. The van der Waals surface area contributed by atoms with E-state index in [1.165, 1.54) is 5.56 Å². The molecule has 3 aromatic heterocycles. The Morgan fingerprint density at radius 2 is 2.28 bits per heavy atom. The smallest absolute Gasteiger partial charge is 0.120 e. The fraction of sp³-hybridized carbons (Fsp3) is 0.214. The minimum absolute atomic E-state index is 0.193. The van der Waals surface area contributed by atoms with Crippen LogP contribution in [0.1, 0.15) is 24.3 Å². The number of rotatable bonds is 4. The van der Waals surface area contributed by atoms with Crippen LogP contribution >= 0.6 is 0 Å². The van der Waals surface area contributed by atoms with Gasteiger partial charge in [0.05, 0.1) is 24.0 Å². The largest absolute Gasteiger partial charge is 0.468 e. The molecule has 0 saturated carbocycles. The molecule has 1 atom stereocenters. The number of pyridine rings is 1. The molecule has 18 heavy (non-hydrogen) atoms. The van der Waals surface area contributed by atoms with E-state index in [-0.39, 0.29) is 6.04 Å². The zero-order valence-electron chi connectivity index (χ0n) is 10.2. The fourth-order valence-corrected chi connectivity index (χ4v) is 2.02. The van der Waals surface area contributed by atoms with Gasteiger partial charge in [-0.15, -0.1) is 0 Å². The molecule has 3 heterocycles. The van der Waals surface area contributed by atoms with Crippen molar-refractivity contribution in [2.75, 3.05) is 0 Å². The van der Waals surface area contributed by atoms with Crippen LogP contribution in [0.5, 0.6) is 0 Å². The number of nitrogens with one attached hydrogen (secondary N) is 1.